The molecule has 353 valence electrons. The molecule has 8 aromatic carbocycles. The molecule has 1 radical (unpaired) electrons. The van der Waals surface area contributed by atoms with Crippen LogP contribution in [0.1, 0.15) is 28.3 Å². The van der Waals surface area contributed by atoms with Gasteiger partial charge in [-0.15, -0.1) is 0 Å². The average Bonchev–Trinajstić information content (AvgIpc) is 4.30. The van der Waals surface area contributed by atoms with Gasteiger partial charge in [-0.25, -0.2) is 9.97 Å². The molecule has 0 aliphatic carbocycles. The fourth-order valence-corrected chi connectivity index (χ4v) is 10.9. The molecule has 0 unspecified atom stereocenters. The number of aromatic nitrogens is 4. The Bertz CT molecular complexity index is 3750. The van der Waals surface area contributed by atoms with Crippen LogP contribution in [0.2, 0.25) is 0 Å². The molecule has 2 N–H and O–H groups in total. The minimum absolute atomic E-state index is 0. The molecule has 4 nitrogen and oxygen atoms in total. The summed E-state index contributed by atoms with van der Waals surface area (Å²) in [7, 11) is 0. The van der Waals surface area contributed by atoms with Crippen molar-refractivity contribution in [3.05, 3.63) is 301 Å². The summed E-state index contributed by atoms with van der Waals surface area (Å²) in [4.78, 5) is 17.9. The van der Waals surface area contributed by atoms with Gasteiger partial charge in [-0.3, -0.25) is 0 Å². The average molecular weight is 989 g/mol. The van der Waals surface area contributed by atoms with Gasteiger partial charge in [-0.05, 0) is 70.8 Å². The third-order valence-corrected chi connectivity index (χ3v) is 14.1. The molecule has 13 rings (SSSR count). The number of H-pyrrole nitrogens is 2. The van der Waals surface area contributed by atoms with Crippen LogP contribution in [0.3, 0.4) is 0 Å². The van der Waals surface area contributed by atoms with E-state index >= 15 is 0 Å². The Morgan fingerprint density at radius 1 is 0.311 bits per heavy atom. The van der Waals surface area contributed by atoms with E-state index in [9.17, 15) is 0 Å². The number of nitrogens with one attached hydrogen (secondary N) is 2. The van der Waals surface area contributed by atoms with Crippen LogP contribution in [0.25, 0.3) is 79.2 Å². The molecule has 74 heavy (non-hydrogen) atoms. The molecular weight excluding hydrogens is 939 g/mol. The largest absolute Gasteiger partial charge is 0.355 e. The number of rotatable bonds is 8. The van der Waals surface area contributed by atoms with Crippen LogP contribution in [0.15, 0.2) is 273 Å². The first kappa shape index (κ1) is 47.3. The molecule has 0 saturated heterocycles. The first-order valence-corrected chi connectivity index (χ1v) is 25.0. The van der Waals surface area contributed by atoms with Gasteiger partial charge < -0.3 is 9.97 Å². The second-order valence-corrected chi connectivity index (χ2v) is 18.6. The van der Waals surface area contributed by atoms with E-state index in [0.717, 1.165) is 89.4 Å². The smallest absolute Gasteiger partial charge is 0.108 e. The summed E-state index contributed by atoms with van der Waals surface area (Å²) in [6.45, 7) is 0. The normalized spacial score (nSPS) is 11.7. The Morgan fingerprint density at radius 3 is 1.12 bits per heavy atom. The molecule has 0 atom stereocenters. The molecule has 8 bridgehead atoms. The molecular formula is C68H50BMnN4-. The van der Waals surface area contributed by atoms with Gasteiger partial charge in [0.15, 0.2) is 0 Å². The summed E-state index contributed by atoms with van der Waals surface area (Å²) >= 11 is 0. The molecule has 0 fully saturated rings. The molecule has 6 heteroatoms. The van der Waals surface area contributed by atoms with Crippen molar-refractivity contribution in [1.29, 1.82) is 0 Å². The van der Waals surface area contributed by atoms with Crippen molar-refractivity contribution in [1.82, 2.24) is 19.9 Å². The van der Waals surface area contributed by atoms with Crippen molar-refractivity contribution in [3.8, 4) is 33.4 Å². The van der Waals surface area contributed by atoms with Gasteiger partial charge in [0, 0.05) is 55.9 Å². The van der Waals surface area contributed by atoms with E-state index in [1.165, 1.54) is 21.9 Å². The summed E-state index contributed by atoms with van der Waals surface area (Å²) in [6.07, 6.45) is 5.14. The number of hydrogen-bond donors (Lipinski definition) is 2. The maximum atomic E-state index is 5.42. The Morgan fingerprint density at radius 2 is 0.676 bits per heavy atom. The maximum absolute atomic E-state index is 5.42. The molecule has 0 saturated carbocycles. The predicted molar refractivity (Wildman–Crippen MR) is 310 cm³/mol. The van der Waals surface area contributed by atoms with Crippen LogP contribution >= 0.6 is 0 Å². The van der Waals surface area contributed by atoms with E-state index in [-0.39, 0.29) is 17.1 Å². The van der Waals surface area contributed by atoms with Gasteiger partial charge in [0.25, 0.3) is 0 Å². The minimum Gasteiger partial charge on any atom is -0.355 e. The molecule has 2 aliphatic heterocycles. The van der Waals surface area contributed by atoms with E-state index in [4.69, 9.17) is 9.97 Å². The predicted octanol–water partition coefficient (Wildman–Crippen LogP) is 14.1. The Labute approximate surface area is 443 Å². The zero-order chi connectivity index (χ0) is 48.8. The van der Waals surface area contributed by atoms with Gasteiger partial charge in [0.05, 0.1) is 28.3 Å². The molecule has 0 amide bonds. The first-order valence-electron chi connectivity index (χ1n) is 25.0. The van der Waals surface area contributed by atoms with Crippen molar-refractivity contribution < 1.29 is 17.1 Å². The van der Waals surface area contributed by atoms with Gasteiger partial charge in [-0.2, -0.15) is 21.9 Å². The fourth-order valence-electron chi connectivity index (χ4n) is 10.9. The van der Waals surface area contributed by atoms with E-state index < -0.39 is 6.15 Å². The van der Waals surface area contributed by atoms with Crippen LogP contribution < -0.4 is 21.9 Å². The number of fused-ring (bicyclic) bond motifs is 8. The van der Waals surface area contributed by atoms with E-state index in [0.29, 0.717) is 0 Å². The second kappa shape index (κ2) is 21.3. The zero-order valence-electron chi connectivity index (χ0n) is 40.6. The maximum Gasteiger partial charge on any atom is 0.108 e. The number of hydrogen-bond acceptors (Lipinski definition) is 2. The minimum atomic E-state index is -1.22. The monoisotopic (exact) mass is 988 g/mol. The SMILES string of the molecule is C1=Cc2cc3[nH]c(c(-c4ccccc4)c4nc(cc5ccc(cc1n2)[nH]5)C=C4c1ccccc1)c(-c1ccccc1)c3-c1ccccc1.[Mn].c1ccc([B-](c2ccccc2)(c2ccccc2)c2ccccc2)cc1. The van der Waals surface area contributed by atoms with Crippen molar-refractivity contribution in [2.45, 2.75) is 0 Å². The van der Waals surface area contributed by atoms with Gasteiger partial charge in [0.1, 0.15) is 6.15 Å². The Balaban J connectivity index is 0.000000191. The molecule has 3 aromatic heterocycles. The van der Waals surface area contributed by atoms with Gasteiger partial charge in [0.2, 0.25) is 0 Å². The first-order chi connectivity index (χ1) is 36.2. The number of benzene rings is 8. The standard InChI is InChI=1S/C44H30N4.C24H20B.Mn/c1-5-13-29(14-6-1)38-27-37-26-35-22-21-33(45-35)25-34-23-24-36(46-34)28-39-40(30-15-7-2-8-16-30)41(31-17-9-3-10-18-31)44(48-39)42(43(38)47-37)32-19-11-4-12-20-32;1-5-13-21(14-6-1)25(22-15-7-2-8-16-22,23-17-9-3-10-18-23)24-19-11-4-12-20-24;/h1-28,45,48H;1-20H;/q;-1;. The third-order valence-electron chi connectivity index (χ3n) is 14.1. The van der Waals surface area contributed by atoms with Crippen molar-refractivity contribution in [2.24, 2.45) is 0 Å². The summed E-state index contributed by atoms with van der Waals surface area (Å²) in [5, 5.41) is 0. The summed E-state index contributed by atoms with van der Waals surface area (Å²) in [5.74, 6) is 0. The van der Waals surface area contributed by atoms with Crippen molar-refractivity contribution in [3.63, 3.8) is 0 Å². The Kier molecular flexibility index (Phi) is 13.6. The Hall–Kier alpha value is -9.06. The summed E-state index contributed by atoms with van der Waals surface area (Å²) in [5.41, 5.74) is 21.7. The van der Waals surface area contributed by atoms with Crippen LogP contribution in [0.5, 0.6) is 0 Å². The number of nitrogens with zero attached hydrogens (tertiary/aromatic N) is 2. The van der Waals surface area contributed by atoms with Crippen LogP contribution in [-0.2, 0) is 17.1 Å². The molecule has 2 aliphatic rings. The molecule has 11 aromatic rings. The van der Waals surface area contributed by atoms with Crippen molar-refractivity contribution in [2.75, 3.05) is 0 Å². The molecule has 0 spiro atoms. The van der Waals surface area contributed by atoms with Gasteiger partial charge >= 0.3 is 0 Å². The topological polar surface area (TPSA) is 57.4 Å². The van der Waals surface area contributed by atoms with Gasteiger partial charge in [-0.1, -0.05) is 243 Å². The van der Waals surface area contributed by atoms with Crippen molar-refractivity contribution >= 4 is 73.9 Å². The van der Waals surface area contributed by atoms with E-state index in [1.54, 1.807) is 0 Å². The summed E-state index contributed by atoms with van der Waals surface area (Å²) in [6, 6.07) is 96.6. The summed E-state index contributed by atoms with van der Waals surface area (Å²) < 4.78 is 0. The van der Waals surface area contributed by atoms with Crippen LogP contribution in [0, 0.1) is 0 Å². The quantitative estimate of drug-likeness (QED) is 0.149. The third kappa shape index (κ3) is 9.32. The van der Waals surface area contributed by atoms with Crippen LogP contribution in [-0.4, -0.2) is 26.1 Å². The second-order valence-electron chi connectivity index (χ2n) is 18.6. The molecule has 5 heterocycles. The van der Waals surface area contributed by atoms with E-state index in [2.05, 4.69) is 301 Å². The van der Waals surface area contributed by atoms with Crippen LogP contribution in [0.4, 0.5) is 0 Å². The number of aromatic amines is 2. The van der Waals surface area contributed by atoms with E-state index in [1.807, 2.05) is 0 Å². The fraction of sp³-hybridized carbons (Fsp3) is 0. The zero-order valence-corrected chi connectivity index (χ0v) is 41.7.